The number of aliphatic hydroxyl groups excluding tert-OH is 1. The van der Waals surface area contributed by atoms with Crippen molar-refractivity contribution < 1.29 is 5.11 Å². The van der Waals surface area contributed by atoms with Gasteiger partial charge in [-0.3, -0.25) is 0 Å². The van der Waals surface area contributed by atoms with Crippen LogP contribution in [0.4, 0.5) is 0 Å². The largest absolute Gasteiger partial charge is 0.389 e. The van der Waals surface area contributed by atoms with Crippen molar-refractivity contribution in [2.75, 3.05) is 0 Å². The average molecular weight is 194 g/mol. The smallest absolute Gasteiger partial charge is 0.0692 e. The van der Waals surface area contributed by atoms with Crippen molar-refractivity contribution >= 4 is 0 Å². The van der Waals surface area contributed by atoms with E-state index >= 15 is 0 Å². The molecule has 0 aromatic heterocycles. The van der Waals surface area contributed by atoms with Gasteiger partial charge in [-0.15, -0.1) is 0 Å². The lowest BCUT2D eigenvalue weighted by molar-refractivity contribution is 0.242. The molecule has 0 aromatic rings. The Morgan fingerprint density at radius 3 is 2.71 bits per heavy atom. The Kier molecular flexibility index (Phi) is 3.54. The molecule has 1 aliphatic rings. The standard InChI is InChI=1S/C13H22O/c1-10-8-9-12(13(10,3)4)7-5-6-11(2)14/h5-6,8,11-12,14H,7,9H2,1-4H3/b6-5+. The molecule has 0 saturated carbocycles. The van der Waals surface area contributed by atoms with E-state index in [1.165, 1.54) is 12.0 Å². The number of hydrogen-bond donors (Lipinski definition) is 1. The van der Waals surface area contributed by atoms with Crippen molar-refractivity contribution in [2.24, 2.45) is 11.3 Å². The SMILES string of the molecule is CC1=CCC(C/C=C/C(C)O)C1(C)C. The topological polar surface area (TPSA) is 20.2 Å². The van der Waals surface area contributed by atoms with E-state index in [1.807, 2.05) is 6.08 Å². The summed E-state index contributed by atoms with van der Waals surface area (Å²) in [5.41, 5.74) is 1.84. The van der Waals surface area contributed by atoms with Crippen LogP contribution in [0.2, 0.25) is 0 Å². The highest BCUT2D eigenvalue weighted by atomic mass is 16.3. The fourth-order valence-corrected chi connectivity index (χ4v) is 2.03. The summed E-state index contributed by atoms with van der Waals surface area (Å²) < 4.78 is 0. The number of aliphatic hydroxyl groups is 1. The molecule has 1 nitrogen and oxygen atoms in total. The van der Waals surface area contributed by atoms with Crippen molar-refractivity contribution in [3.05, 3.63) is 23.8 Å². The normalized spacial score (nSPS) is 28.1. The first-order chi connectivity index (χ1) is 6.44. The first-order valence-corrected chi connectivity index (χ1v) is 5.46. The summed E-state index contributed by atoms with van der Waals surface area (Å²) >= 11 is 0. The Hall–Kier alpha value is -0.560. The van der Waals surface area contributed by atoms with Crippen LogP contribution in [0.1, 0.15) is 40.5 Å². The van der Waals surface area contributed by atoms with Gasteiger partial charge in [-0.25, -0.2) is 0 Å². The highest BCUT2D eigenvalue weighted by Crippen LogP contribution is 2.44. The zero-order chi connectivity index (χ0) is 10.8. The van der Waals surface area contributed by atoms with Crippen LogP contribution >= 0.6 is 0 Å². The molecule has 1 rings (SSSR count). The van der Waals surface area contributed by atoms with Crippen molar-refractivity contribution in [3.8, 4) is 0 Å². The summed E-state index contributed by atoms with van der Waals surface area (Å²) in [4.78, 5) is 0. The van der Waals surface area contributed by atoms with Gasteiger partial charge in [0.15, 0.2) is 0 Å². The minimum atomic E-state index is -0.312. The predicted molar refractivity (Wildman–Crippen MR) is 61.1 cm³/mol. The molecule has 1 aliphatic carbocycles. The zero-order valence-corrected chi connectivity index (χ0v) is 9.75. The third kappa shape index (κ3) is 2.48. The fraction of sp³-hybridized carbons (Fsp3) is 0.692. The summed E-state index contributed by atoms with van der Waals surface area (Å²) in [5, 5.41) is 9.11. The van der Waals surface area contributed by atoms with E-state index in [0.29, 0.717) is 11.3 Å². The lowest BCUT2D eigenvalue weighted by atomic mass is 9.76. The van der Waals surface area contributed by atoms with Gasteiger partial charge < -0.3 is 5.11 Å². The van der Waals surface area contributed by atoms with Gasteiger partial charge >= 0.3 is 0 Å². The molecule has 0 saturated heterocycles. The average Bonchev–Trinajstić information content (AvgIpc) is 2.30. The lowest BCUT2D eigenvalue weighted by Gasteiger charge is -2.28. The van der Waals surface area contributed by atoms with Crippen LogP contribution in [0.5, 0.6) is 0 Å². The zero-order valence-electron chi connectivity index (χ0n) is 9.75. The van der Waals surface area contributed by atoms with Gasteiger partial charge in [0.1, 0.15) is 0 Å². The Morgan fingerprint density at radius 1 is 1.64 bits per heavy atom. The molecular weight excluding hydrogens is 172 g/mol. The summed E-state index contributed by atoms with van der Waals surface area (Å²) in [5.74, 6) is 0.706. The fourth-order valence-electron chi connectivity index (χ4n) is 2.03. The van der Waals surface area contributed by atoms with Crippen LogP contribution in [-0.4, -0.2) is 11.2 Å². The molecule has 1 N–H and O–H groups in total. The predicted octanol–water partition coefficient (Wildman–Crippen LogP) is 3.31. The minimum absolute atomic E-state index is 0.312. The third-order valence-corrected chi connectivity index (χ3v) is 3.58. The van der Waals surface area contributed by atoms with Crippen LogP contribution < -0.4 is 0 Å². The van der Waals surface area contributed by atoms with Crippen molar-refractivity contribution in [1.82, 2.24) is 0 Å². The molecule has 0 fully saturated rings. The van der Waals surface area contributed by atoms with Crippen molar-refractivity contribution in [3.63, 3.8) is 0 Å². The summed E-state index contributed by atoms with van der Waals surface area (Å²) in [7, 11) is 0. The first kappa shape index (κ1) is 11.5. The van der Waals surface area contributed by atoms with E-state index in [1.54, 1.807) is 6.92 Å². The van der Waals surface area contributed by atoms with E-state index in [-0.39, 0.29) is 6.10 Å². The molecular formula is C13H22O. The minimum Gasteiger partial charge on any atom is -0.389 e. The van der Waals surface area contributed by atoms with Crippen molar-refractivity contribution in [2.45, 2.75) is 46.6 Å². The van der Waals surface area contributed by atoms with Gasteiger partial charge in [-0.1, -0.05) is 37.6 Å². The quantitative estimate of drug-likeness (QED) is 0.683. The summed E-state index contributed by atoms with van der Waals surface area (Å²) in [6.45, 7) is 8.64. The van der Waals surface area contributed by atoms with Gasteiger partial charge in [-0.05, 0) is 38.0 Å². The highest BCUT2D eigenvalue weighted by molar-refractivity contribution is 5.18. The molecule has 14 heavy (non-hydrogen) atoms. The maximum atomic E-state index is 9.11. The maximum absolute atomic E-state index is 9.11. The van der Waals surface area contributed by atoms with Crippen LogP contribution in [0.25, 0.3) is 0 Å². The first-order valence-electron chi connectivity index (χ1n) is 5.46. The molecule has 0 bridgehead atoms. The third-order valence-electron chi connectivity index (χ3n) is 3.58. The van der Waals surface area contributed by atoms with Gasteiger partial charge in [-0.2, -0.15) is 0 Å². The van der Waals surface area contributed by atoms with Gasteiger partial charge in [0.25, 0.3) is 0 Å². The van der Waals surface area contributed by atoms with E-state index in [0.717, 1.165) is 6.42 Å². The highest BCUT2D eigenvalue weighted by Gasteiger charge is 2.33. The molecule has 0 aliphatic heterocycles. The molecule has 0 radical (unpaired) electrons. The Morgan fingerprint density at radius 2 is 2.29 bits per heavy atom. The number of allylic oxidation sites excluding steroid dienone is 3. The molecule has 80 valence electrons. The van der Waals surface area contributed by atoms with E-state index in [9.17, 15) is 0 Å². The molecule has 0 aromatic carbocycles. The second kappa shape index (κ2) is 4.31. The number of rotatable bonds is 3. The van der Waals surface area contributed by atoms with Gasteiger partial charge in [0.2, 0.25) is 0 Å². The molecule has 1 heteroatoms. The van der Waals surface area contributed by atoms with Gasteiger partial charge in [0, 0.05) is 0 Å². The van der Waals surface area contributed by atoms with Crippen LogP contribution in [0.15, 0.2) is 23.8 Å². The maximum Gasteiger partial charge on any atom is 0.0692 e. The van der Waals surface area contributed by atoms with Crippen molar-refractivity contribution in [1.29, 1.82) is 0 Å². The number of hydrogen-bond acceptors (Lipinski definition) is 1. The molecule has 2 unspecified atom stereocenters. The molecule has 0 amide bonds. The second-order valence-corrected chi connectivity index (χ2v) is 4.95. The Labute approximate surface area is 87.5 Å². The Balaban J connectivity index is 2.49. The monoisotopic (exact) mass is 194 g/mol. The second-order valence-electron chi connectivity index (χ2n) is 4.95. The molecule has 0 heterocycles. The molecule has 2 atom stereocenters. The van der Waals surface area contributed by atoms with Gasteiger partial charge in [0.05, 0.1) is 6.10 Å². The van der Waals surface area contributed by atoms with E-state index in [2.05, 4.69) is 32.9 Å². The molecule has 0 spiro atoms. The summed E-state index contributed by atoms with van der Waals surface area (Å²) in [6.07, 6.45) is 8.29. The summed E-state index contributed by atoms with van der Waals surface area (Å²) in [6, 6.07) is 0. The van der Waals surface area contributed by atoms with E-state index < -0.39 is 0 Å². The van der Waals surface area contributed by atoms with Crippen LogP contribution in [0, 0.1) is 11.3 Å². The van der Waals surface area contributed by atoms with Crippen LogP contribution in [0.3, 0.4) is 0 Å². The van der Waals surface area contributed by atoms with Crippen LogP contribution in [-0.2, 0) is 0 Å². The van der Waals surface area contributed by atoms with E-state index in [4.69, 9.17) is 5.11 Å². The Bertz CT molecular complexity index is 246. The lowest BCUT2D eigenvalue weighted by Crippen LogP contribution is -2.19.